The van der Waals surface area contributed by atoms with Gasteiger partial charge < -0.3 is 9.51 Å². The Labute approximate surface area is 147 Å². The number of H-pyrrole nitrogens is 1. The van der Waals surface area contributed by atoms with Crippen molar-refractivity contribution in [1.29, 1.82) is 0 Å². The molecule has 0 saturated carbocycles. The third-order valence-electron chi connectivity index (χ3n) is 3.74. The molecule has 0 fully saturated rings. The van der Waals surface area contributed by atoms with E-state index < -0.39 is 0 Å². The summed E-state index contributed by atoms with van der Waals surface area (Å²) in [4.78, 5) is 16.1. The zero-order valence-electron chi connectivity index (χ0n) is 13.5. The molecule has 1 aromatic carbocycles. The smallest absolute Gasteiger partial charge is 0.275 e. The van der Waals surface area contributed by atoms with Gasteiger partial charge in [0.05, 0.1) is 17.1 Å². The van der Waals surface area contributed by atoms with Crippen LogP contribution in [0.3, 0.4) is 0 Å². The maximum atomic E-state index is 13.4. The Balaban J connectivity index is 1.68. The van der Waals surface area contributed by atoms with Crippen LogP contribution in [0.4, 0.5) is 4.39 Å². The van der Waals surface area contributed by atoms with Crippen molar-refractivity contribution in [1.82, 2.24) is 25.1 Å². The molecule has 0 radical (unpaired) electrons. The van der Waals surface area contributed by atoms with E-state index in [4.69, 9.17) is 16.1 Å². The lowest BCUT2D eigenvalue weighted by Crippen LogP contribution is -1.99. The van der Waals surface area contributed by atoms with Crippen LogP contribution in [0.5, 0.6) is 0 Å². The fourth-order valence-corrected chi connectivity index (χ4v) is 3.04. The zero-order chi connectivity index (χ0) is 17.6. The highest BCUT2D eigenvalue weighted by molar-refractivity contribution is 6.38. The summed E-state index contributed by atoms with van der Waals surface area (Å²) in [6.45, 7) is 3.74. The second-order valence-electron chi connectivity index (χ2n) is 5.74. The molecule has 0 atom stereocenters. The number of halogens is 2. The number of aromatic amines is 1. The van der Waals surface area contributed by atoms with E-state index in [1.807, 2.05) is 19.9 Å². The summed E-state index contributed by atoms with van der Waals surface area (Å²) in [7, 11) is 0. The monoisotopic (exact) mass is 357 g/mol. The van der Waals surface area contributed by atoms with Crippen LogP contribution in [0.2, 0.25) is 5.02 Å². The normalized spacial score (nSPS) is 11.4. The van der Waals surface area contributed by atoms with Crippen molar-refractivity contribution >= 4 is 22.5 Å². The highest BCUT2D eigenvalue weighted by Crippen LogP contribution is 2.34. The topological polar surface area (TPSA) is 80.5 Å². The van der Waals surface area contributed by atoms with Crippen molar-refractivity contribution in [2.45, 2.75) is 20.3 Å². The molecule has 126 valence electrons. The molecule has 0 aliphatic heterocycles. The van der Waals surface area contributed by atoms with E-state index in [0.29, 0.717) is 39.7 Å². The van der Waals surface area contributed by atoms with Crippen molar-refractivity contribution in [3.05, 3.63) is 58.1 Å². The number of aryl methyl sites for hydroxylation is 2. The van der Waals surface area contributed by atoms with Gasteiger partial charge in [0.15, 0.2) is 5.82 Å². The second-order valence-corrected chi connectivity index (χ2v) is 6.12. The van der Waals surface area contributed by atoms with E-state index >= 15 is 0 Å². The van der Waals surface area contributed by atoms with Crippen LogP contribution in [0.1, 0.15) is 23.0 Å². The van der Waals surface area contributed by atoms with Crippen LogP contribution in [0, 0.1) is 19.7 Å². The van der Waals surface area contributed by atoms with Gasteiger partial charge in [0.1, 0.15) is 17.3 Å². The largest absolute Gasteiger partial charge is 0.349 e. The molecular weight excluding hydrogens is 345 g/mol. The van der Waals surface area contributed by atoms with Crippen molar-refractivity contribution in [3.8, 4) is 11.6 Å². The summed E-state index contributed by atoms with van der Waals surface area (Å²) in [6.07, 6.45) is 0.417. The lowest BCUT2D eigenvalue weighted by atomic mass is 10.2. The molecule has 3 heterocycles. The maximum Gasteiger partial charge on any atom is 0.275 e. The SMILES string of the molecule is Cc1cc(Cc2noc(-c3[nH]c4ccc(F)cc4c3Cl)n2)nc(C)n1. The van der Waals surface area contributed by atoms with Gasteiger partial charge in [-0.3, -0.25) is 0 Å². The molecule has 0 saturated heterocycles. The summed E-state index contributed by atoms with van der Waals surface area (Å²) in [5.41, 5.74) is 2.85. The number of nitrogens with one attached hydrogen (secondary N) is 1. The number of fused-ring (bicyclic) bond motifs is 1. The van der Waals surface area contributed by atoms with Gasteiger partial charge in [0.25, 0.3) is 5.89 Å². The van der Waals surface area contributed by atoms with Gasteiger partial charge in [-0.2, -0.15) is 4.98 Å². The molecule has 0 aliphatic rings. The Kier molecular flexibility index (Phi) is 3.73. The first-order chi connectivity index (χ1) is 12.0. The fraction of sp³-hybridized carbons (Fsp3) is 0.176. The Morgan fingerprint density at radius 1 is 1.16 bits per heavy atom. The summed E-state index contributed by atoms with van der Waals surface area (Å²) < 4.78 is 18.7. The van der Waals surface area contributed by atoms with E-state index in [-0.39, 0.29) is 11.7 Å². The molecule has 1 N–H and O–H groups in total. The van der Waals surface area contributed by atoms with Crippen molar-refractivity contribution < 1.29 is 8.91 Å². The van der Waals surface area contributed by atoms with Gasteiger partial charge in [0, 0.05) is 16.6 Å². The minimum atomic E-state index is -0.360. The van der Waals surface area contributed by atoms with E-state index in [0.717, 1.165) is 11.4 Å². The van der Waals surface area contributed by atoms with Crippen LogP contribution >= 0.6 is 11.6 Å². The van der Waals surface area contributed by atoms with Crippen molar-refractivity contribution in [2.24, 2.45) is 0 Å². The van der Waals surface area contributed by atoms with E-state index in [2.05, 4.69) is 25.1 Å². The maximum absolute atomic E-state index is 13.4. The van der Waals surface area contributed by atoms with Gasteiger partial charge in [-0.15, -0.1) is 0 Å². The van der Waals surface area contributed by atoms with Crippen LogP contribution in [-0.2, 0) is 6.42 Å². The fourth-order valence-electron chi connectivity index (χ4n) is 2.75. The number of aromatic nitrogens is 5. The van der Waals surface area contributed by atoms with E-state index in [9.17, 15) is 4.39 Å². The molecule has 4 aromatic rings. The van der Waals surface area contributed by atoms with Gasteiger partial charge in [-0.05, 0) is 38.1 Å². The van der Waals surface area contributed by atoms with Gasteiger partial charge >= 0.3 is 0 Å². The van der Waals surface area contributed by atoms with Crippen LogP contribution in [-0.4, -0.2) is 25.1 Å². The molecule has 0 bridgehead atoms. The number of nitrogens with zero attached hydrogens (tertiary/aromatic N) is 4. The first-order valence-corrected chi connectivity index (χ1v) is 7.98. The molecule has 0 aliphatic carbocycles. The Morgan fingerprint density at radius 2 is 2.00 bits per heavy atom. The number of hydrogen-bond donors (Lipinski definition) is 1. The van der Waals surface area contributed by atoms with Gasteiger partial charge in [-0.25, -0.2) is 14.4 Å². The zero-order valence-corrected chi connectivity index (χ0v) is 14.2. The Morgan fingerprint density at radius 3 is 2.80 bits per heavy atom. The minimum absolute atomic E-state index is 0.249. The number of rotatable bonds is 3. The third kappa shape index (κ3) is 2.98. The molecule has 0 amide bonds. The van der Waals surface area contributed by atoms with E-state index in [1.54, 1.807) is 6.07 Å². The average molecular weight is 358 g/mol. The van der Waals surface area contributed by atoms with Crippen LogP contribution < -0.4 is 0 Å². The molecule has 8 heteroatoms. The molecular formula is C17H13ClFN5O. The van der Waals surface area contributed by atoms with Crippen LogP contribution in [0.15, 0.2) is 28.8 Å². The first-order valence-electron chi connectivity index (χ1n) is 7.60. The summed E-state index contributed by atoms with van der Waals surface area (Å²) >= 11 is 6.33. The standard InChI is InChI=1S/C17H13ClFN5O/c1-8-5-11(21-9(2)20-8)7-14-23-17(25-24-14)16-15(18)12-6-10(19)3-4-13(12)22-16/h3-6,22H,7H2,1-2H3. The van der Waals surface area contributed by atoms with Crippen LogP contribution in [0.25, 0.3) is 22.5 Å². The average Bonchev–Trinajstić information content (AvgIpc) is 3.11. The predicted molar refractivity (Wildman–Crippen MR) is 90.9 cm³/mol. The Bertz CT molecular complexity index is 1070. The minimum Gasteiger partial charge on any atom is -0.349 e. The van der Waals surface area contributed by atoms with Crippen molar-refractivity contribution in [3.63, 3.8) is 0 Å². The van der Waals surface area contributed by atoms with Crippen molar-refractivity contribution in [2.75, 3.05) is 0 Å². The lowest BCUT2D eigenvalue weighted by Gasteiger charge is -1.99. The second kappa shape index (κ2) is 5.93. The molecule has 4 rings (SSSR count). The molecule has 6 nitrogen and oxygen atoms in total. The lowest BCUT2D eigenvalue weighted by molar-refractivity contribution is 0.422. The molecule has 0 unspecified atom stereocenters. The predicted octanol–water partition coefficient (Wildman–Crippen LogP) is 4.01. The molecule has 0 spiro atoms. The highest BCUT2D eigenvalue weighted by Gasteiger charge is 2.18. The van der Waals surface area contributed by atoms with Gasteiger partial charge in [-0.1, -0.05) is 16.8 Å². The van der Waals surface area contributed by atoms with E-state index in [1.165, 1.54) is 12.1 Å². The summed E-state index contributed by atoms with van der Waals surface area (Å²) in [6, 6.07) is 6.21. The summed E-state index contributed by atoms with van der Waals surface area (Å²) in [5.74, 6) is 1.06. The third-order valence-corrected chi connectivity index (χ3v) is 4.13. The first kappa shape index (κ1) is 15.7. The summed E-state index contributed by atoms with van der Waals surface area (Å²) in [5, 5.41) is 4.89. The number of benzene rings is 1. The molecule has 25 heavy (non-hydrogen) atoms. The number of hydrogen-bond acceptors (Lipinski definition) is 5. The quantitative estimate of drug-likeness (QED) is 0.599. The Hall–Kier alpha value is -2.80. The molecule has 3 aromatic heterocycles. The van der Waals surface area contributed by atoms with Gasteiger partial charge in [0.2, 0.25) is 0 Å². The highest BCUT2D eigenvalue weighted by atomic mass is 35.5.